The Kier molecular flexibility index (Phi) is 5.97. The Labute approximate surface area is 157 Å². The number of nitrogens with one attached hydrogen (secondary N) is 1. The van der Waals surface area contributed by atoms with Gasteiger partial charge in [0.05, 0.1) is 30.4 Å². The van der Waals surface area contributed by atoms with E-state index < -0.39 is 36.4 Å². The SMILES string of the molecule is FC(F)(F)c1cc(CO[C@@H]2OCCN[C@H]2c2ccccc2)cc(C(F)(F)F)c1. The average molecular weight is 405 g/mol. The highest BCUT2D eigenvalue weighted by atomic mass is 19.4. The van der Waals surface area contributed by atoms with Gasteiger partial charge in [0, 0.05) is 6.54 Å². The fraction of sp³-hybridized carbons (Fsp3) is 0.368. The van der Waals surface area contributed by atoms with E-state index >= 15 is 0 Å². The van der Waals surface area contributed by atoms with Crippen LogP contribution in [-0.2, 0) is 28.4 Å². The van der Waals surface area contributed by atoms with Crippen LogP contribution in [0.1, 0.15) is 28.3 Å². The summed E-state index contributed by atoms with van der Waals surface area (Å²) < 4.78 is 88.9. The molecule has 0 unspecified atom stereocenters. The molecule has 1 heterocycles. The maximum Gasteiger partial charge on any atom is 0.416 e. The smallest absolute Gasteiger partial charge is 0.349 e. The van der Waals surface area contributed by atoms with Crippen LogP contribution < -0.4 is 5.32 Å². The van der Waals surface area contributed by atoms with Gasteiger partial charge >= 0.3 is 12.4 Å². The molecule has 0 radical (unpaired) electrons. The molecule has 1 fully saturated rings. The Balaban J connectivity index is 1.81. The van der Waals surface area contributed by atoms with Gasteiger partial charge in [-0.05, 0) is 29.3 Å². The van der Waals surface area contributed by atoms with Crippen molar-refractivity contribution >= 4 is 0 Å². The molecular weight excluding hydrogens is 388 g/mol. The normalized spacial score (nSPS) is 20.9. The van der Waals surface area contributed by atoms with Gasteiger partial charge < -0.3 is 14.8 Å². The summed E-state index contributed by atoms with van der Waals surface area (Å²) >= 11 is 0. The lowest BCUT2D eigenvalue weighted by atomic mass is 10.0. The van der Waals surface area contributed by atoms with Gasteiger partial charge in [0.15, 0.2) is 6.29 Å². The van der Waals surface area contributed by atoms with Crippen molar-refractivity contribution in [1.82, 2.24) is 5.32 Å². The zero-order valence-corrected chi connectivity index (χ0v) is 14.5. The zero-order chi connectivity index (χ0) is 20.4. The monoisotopic (exact) mass is 405 g/mol. The van der Waals surface area contributed by atoms with E-state index in [9.17, 15) is 26.3 Å². The first-order valence-corrected chi connectivity index (χ1v) is 8.44. The second-order valence-electron chi connectivity index (χ2n) is 6.31. The summed E-state index contributed by atoms with van der Waals surface area (Å²) in [6, 6.07) is 10.1. The fourth-order valence-corrected chi connectivity index (χ4v) is 2.94. The molecular formula is C19H17F6NO2. The van der Waals surface area contributed by atoms with Gasteiger partial charge in [-0.2, -0.15) is 26.3 Å². The van der Waals surface area contributed by atoms with E-state index in [1.54, 1.807) is 0 Å². The van der Waals surface area contributed by atoms with E-state index in [2.05, 4.69) is 5.32 Å². The molecule has 152 valence electrons. The number of halogens is 6. The van der Waals surface area contributed by atoms with E-state index in [1.807, 2.05) is 30.3 Å². The van der Waals surface area contributed by atoms with Crippen LogP contribution in [0.2, 0.25) is 0 Å². The number of hydrogen-bond donors (Lipinski definition) is 1. The molecule has 3 rings (SSSR count). The minimum absolute atomic E-state index is 0.0922. The number of morpholine rings is 1. The molecule has 1 saturated heterocycles. The maximum atomic E-state index is 13.0. The van der Waals surface area contributed by atoms with Crippen LogP contribution in [-0.4, -0.2) is 19.4 Å². The number of ether oxygens (including phenoxy) is 2. The lowest BCUT2D eigenvalue weighted by molar-refractivity contribution is -0.184. The van der Waals surface area contributed by atoms with Crippen molar-refractivity contribution in [2.45, 2.75) is 31.3 Å². The van der Waals surface area contributed by atoms with E-state index in [4.69, 9.17) is 9.47 Å². The maximum absolute atomic E-state index is 13.0. The Morgan fingerprint density at radius 3 is 2.11 bits per heavy atom. The Morgan fingerprint density at radius 2 is 1.54 bits per heavy atom. The van der Waals surface area contributed by atoms with Gasteiger partial charge in [-0.25, -0.2) is 0 Å². The van der Waals surface area contributed by atoms with Crippen molar-refractivity contribution in [1.29, 1.82) is 0 Å². The first-order chi connectivity index (χ1) is 13.1. The molecule has 0 bridgehead atoms. The van der Waals surface area contributed by atoms with Crippen molar-refractivity contribution < 1.29 is 35.8 Å². The molecule has 9 heteroatoms. The van der Waals surface area contributed by atoms with Gasteiger partial charge in [-0.1, -0.05) is 30.3 Å². The third-order valence-corrected chi connectivity index (χ3v) is 4.24. The Bertz CT molecular complexity index is 759. The fourth-order valence-electron chi connectivity index (χ4n) is 2.94. The van der Waals surface area contributed by atoms with Crippen LogP contribution in [0.5, 0.6) is 0 Å². The molecule has 1 aliphatic heterocycles. The average Bonchev–Trinajstić information content (AvgIpc) is 2.66. The lowest BCUT2D eigenvalue weighted by Crippen LogP contribution is -2.43. The third-order valence-electron chi connectivity index (χ3n) is 4.24. The van der Waals surface area contributed by atoms with Crippen LogP contribution in [0, 0.1) is 0 Å². The number of alkyl halides is 6. The summed E-state index contributed by atoms with van der Waals surface area (Å²) in [6.07, 6.45) is -10.6. The quantitative estimate of drug-likeness (QED) is 0.732. The van der Waals surface area contributed by atoms with E-state index in [1.165, 1.54) is 0 Å². The first-order valence-electron chi connectivity index (χ1n) is 8.44. The molecule has 3 nitrogen and oxygen atoms in total. The van der Waals surface area contributed by atoms with Gasteiger partial charge in [0.1, 0.15) is 0 Å². The Morgan fingerprint density at radius 1 is 0.929 bits per heavy atom. The van der Waals surface area contributed by atoms with Gasteiger partial charge in [0.25, 0.3) is 0 Å². The van der Waals surface area contributed by atoms with E-state index in [0.29, 0.717) is 25.3 Å². The van der Waals surface area contributed by atoms with Crippen LogP contribution in [0.25, 0.3) is 0 Å². The van der Waals surface area contributed by atoms with Crippen LogP contribution in [0.15, 0.2) is 48.5 Å². The standard InChI is InChI=1S/C19H17F6NO2/c20-18(21,22)14-8-12(9-15(10-14)19(23,24)25)11-28-17-16(26-6-7-27-17)13-4-2-1-3-5-13/h1-5,8-10,16-17,26H,6-7,11H2/t16-,17-/m0/s1. The van der Waals surface area contributed by atoms with Crippen molar-refractivity contribution in [3.05, 3.63) is 70.8 Å². The van der Waals surface area contributed by atoms with Crippen LogP contribution in [0.3, 0.4) is 0 Å². The highest BCUT2D eigenvalue weighted by Gasteiger charge is 2.37. The summed E-state index contributed by atoms with van der Waals surface area (Å²) in [4.78, 5) is 0. The second kappa shape index (κ2) is 8.10. The molecule has 0 aromatic heterocycles. The van der Waals surface area contributed by atoms with Gasteiger partial charge in [0.2, 0.25) is 0 Å². The van der Waals surface area contributed by atoms with Crippen molar-refractivity contribution in [2.75, 3.05) is 13.2 Å². The topological polar surface area (TPSA) is 30.5 Å². The third kappa shape index (κ3) is 5.03. The lowest BCUT2D eigenvalue weighted by Gasteiger charge is -2.33. The number of hydrogen-bond acceptors (Lipinski definition) is 3. The van der Waals surface area contributed by atoms with Crippen molar-refractivity contribution in [2.24, 2.45) is 0 Å². The van der Waals surface area contributed by atoms with Crippen molar-refractivity contribution in [3.63, 3.8) is 0 Å². The minimum Gasteiger partial charge on any atom is -0.349 e. The molecule has 2 atom stereocenters. The predicted octanol–water partition coefficient (Wildman–Crippen LogP) is 4.93. The highest BCUT2D eigenvalue weighted by molar-refractivity contribution is 5.33. The molecule has 28 heavy (non-hydrogen) atoms. The molecule has 0 amide bonds. The van der Waals surface area contributed by atoms with E-state index in [0.717, 1.165) is 5.56 Å². The van der Waals surface area contributed by atoms with E-state index in [-0.39, 0.29) is 17.7 Å². The summed E-state index contributed by atoms with van der Waals surface area (Å²) in [5.74, 6) is 0. The zero-order valence-electron chi connectivity index (χ0n) is 14.5. The molecule has 2 aromatic rings. The number of benzene rings is 2. The first kappa shape index (κ1) is 20.6. The minimum atomic E-state index is -4.90. The van der Waals surface area contributed by atoms with Crippen LogP contribution >= 0.6 is 0 Å². The molecule has 2 aromatic carbocycles. The molecule has 0 saturated carbocycles. The summed E-state index contributed by atoms with van der Waals surface area (Å²) in [7, 11) is 0. The van der Waals surface area contributed by atoms with Gasteiger partial charge in [-0.3, -0.25) is 0 Å². The largest absolute Gasteiger partial charge is 0.416 e. The second-order valence-corrected chi connectivity index (χ2v) is 6.31. The summed E-state index contributed by atoms with van der Waals surface area (Å²) in [5, 5.41) is 3.18. The predicted molar refractivity (Wildman–Crippen MR) is 88.2 cm³/mol. The van der Waals surface area contributed by atoms with Gasteiger partial charge in [-0.15, -0.1) is 0 Å². The molecule has 1 aliphatic rings. The molecule has 0 spiro atoms. The molecule has 1 N–H and O–H groups in total. The number of rotatable bonds is 4. The highest BCUT2D eigenvalue weighted by Crippen LogP contribution is 2.36. The summed E-state index contributed by atoms with van der Waals surface area (Å²) in [6.45, 7) is 0.397. The summed E-state index contributed by atoms with van der Waals surface area (Å²) in [5.41, 5.74) is -2.14. The van der Waals surface area contributed by atoms with Crippen molar-refractivity contribution in [3.8, 4) is 0 Å². The molecule has 0 aliphatic carbocycles. The van der Waals surface area contributed by atoms with Crippen LogP contribution in [0.4, 0.5) is 26.3 Å². The Hall–Kier alpha value is -2.10.